The highest BCUT2D eigenvalue weighted by Crippen LogP contribution is 2.21. The van der Waals surface area contributed by atoms with Crippen molar-refractivity contribution in [3.05, 3.63) is 70.5 Å². The summed E-state index contributed by atoms with van der Waals surface area (Å²) < 4.78 is 1.37. The number of nitrogens with two attached hydrogens (primary N) is 1. The topological polar surface area (TPSA) is 87.6 Å². The van der Waals surface area contributed by atoms with Gasteiger partial charge in [-0.05, 0) is 24.3 Å². The minimum atomic E-state index is -0.307. The zero-order valence-corrected chi connectivity index (χ0v) is 11.1. The van der Waals surface area contributed by atoms with E-state index < -0.39 is 0 Å². The van der Waals surface area contributed by atoms with Crippen LogP contribution in [-0.2, 0) is 0 Å². The second-order valence-electron chi connectivity index (χ2n) is 4.57. The number of nitrogens with zero attached hydrogens (tertiary/aromatic N) is 2. The molecule has 0 radical (unpaired) electrons. The predicted octanol–water partition coefficient (Wildman–Crippen LogP) is 2.29. The van der Waals surface area contributed by atoms with Crippen LogP contribution in [0.2, 0.25) is 0 Å². The molecule has 0 saturated carbocycles. The number of nitriles is 1. The summed E-state index contributed by atoms with van der Waals surface area (Å²) in [6, 6.07) is 18.2. The number of nitrogen functional groups attached to an aromatic ring is 1. The summed E-state index contributed by atoms with van der Waals surface area (Å²) in [4.78, 5) is 12.3. The lowest BCUT2D eigenvalue weighted by Gasteiger charge is -2.02. The standard InChI is InChI=1S/C16H12N4O/c17-10-11-6-8-13(9-7-11)20-16(21)14(18)15(19-20)12-4-2-1-3-5-12/h1-9,19H,18H2. The van der Waals surface area contributed by atoms with E-state index in [0.29, 0.717) is 16.9 Å². The van der Waals surface area contributed by atoms with Crippen molar-refractivity contribution in [1.82, 2.24) is 9.78 Å². The number of nitrogens with one attached hydrogen (secondary N) is 1. The highest BCUT2D eigenvalue weighted by atomic mass is 16.1. The Bertz CT molecular complexity index is 867. The van der Waals surface area contributed by atoms with Crippen molar-refractivity contribution in [3.63, 3.8) is 0 Å². The molecule has 2 aromatic carbocycles. The van der Waals surface area contributed by atoms with Crippen LogP contribution in [-0.4, -0.2) is 9.78 Å². The van der Waals surface area contributed by atoms with Gasteiger partial charge in [0.1, 0.15) is 5.69 Å². The molecule has 0 saturated heterocycles. The van der Waals surface area contributed by atoms with Gasteiger partial charge in [0.2, 0.25) is 0 Å². The van der Waals surface area contributed by atoms with Gasteiger partial charge < -0.3 is 5.73 Å². The van der Waals surface area contributed by atoms with Crippen molar-refractivity contribution in [2.75, 3.05) is 5.73 Å². The Labute approximate surface area is 120 Å². The molecular formula is C16H12N4O. The molecule has 0 atom stereocenters. The molecule has 3 aromatic rings. The average molecular weight is 276 g/mol. The summed E-state index contributed by atoms with van der Waals surface area (Å²) in [7, 11) is 0. The molecule has 1 heterocycles. The van der Waals surface area contributed by atoms with Crippen LogP contribution in [0, 0.1) is 11.3 Å². The number of hydrogen-bond acceptors (Lipinski definition) is 3. The highest BCUT2D eigenvalue weighted by Gasteiger charge is 2.13. The molecule has 21 heavy (non-hydrogen) atoms. The van der Waals surface area contributed by atoms with E-state index in [4.69, 9.17) is 11.0 Å². The van der Waals surface area contributed by atoms with E-state index in [-0.39, 0.29) is 11.2 Å². The van der Waals surface area contributed by atoms with Crippen molar-refractivity contribution < 1.29 is 0 Å². The van der Waals surface area contributed by atoms with Crippen molar-refractivity contribution in [2.24, 2.45) is 0 Å². The zero-order valence-electron chi connectivity index (χ0n) is 11.1. The fraction of sp³-hybridized carbons (Fsp3) is 0. The summed E-state index contributed by atoms with van der Waals surface area (Å²) in [5.41, 5.74) is 8.38. The maximum absolute atomic E-state index is 12.3. The minimum absolute atomic E-state index is 0.172. The third kappa shape index (κ3) is 2.19. The first-order valence-corrected chi connectivity index (χ1v) is 6.37. The summed E-state index contributed by atoms with van der Waals surface area (Å²) in [6.45, 7) is 0. The van der Waals surface area contributed by atoms with Crippen LogP contribution in [0.15, 0.2) is 59.4 Å². The van der Waals surface area contributed by atoms with Gasteiger partial charge in [-0.25, -0.2) is 4.68 Å². The minimum Gasteiger partial charge on any atom is -0.392 e. The molecule has 0 fully saturated rings. The van der Waals surface area contributed by atoms with Gasteiger partial charge >= 0.3 is 0 Å². The number of anilines is 1. The molecule has 5 nitrogen and oxygen atoms in total. The largest absolute Gasteiger partial charge is 0.392 e. The molecule has 5 heteroatoms. The lowest BCUT2D eigenvalue weighted by atomic mass is 10.1. The van der Waals surface area contributed by atoms with Crippen molar-refractivity contribution >= 4 is 5.69 Å². The zero-order chi connectivity index (χ0) is 14.8. The fourth-order valence-corrected chi connectivity index (χ4v) is 2.14. The van der Waals surface area contributed by atoms with E-state index in [1.807, 2.05) is 36.4 Å². The quantitative estimate of drug-likeness (QED) is 0.752. The normalized spacial score (nSPS) is 10.2. The van der Waals surface area contributed by atoms with E-state index >= 15 is 0 Å². The molecule has 0 spiro atoms. The second-order valence-corrected chi connectivity index (χ2v) is 4.57. The van der Waals surface area contributed by atoms with Crippen LogP contribution < -0.4 is 11.3 Å². The van der Waals surface area contributed by atoms with Crippen LogP contribution in [0.5, 0.6) is 0 Å². The van der Waals surface area contributed by atoms with Gasteiger partial charge in [0.05, 0.1) is 23.0 Å². The Morgan fingerprint density at radius 1 is 1.05 bits per heavy atom. The molecule has 1 aromatic heterocycles. The van der Waals surface area contributed by atoms with Crippen molar-refractivity contribution in [1.29, 1.82) is 5.26 Å². The second kappa shape index (κ2) is 5.02. The molecular weight excluding hydrogens is 264 g/mol. The number of benzene rings is 2. The summed E-state index contributed by atoms with van der Waals surface area (Å²) in [5.74, 6) is 0. The van der Waals surface area contributed by atoms with Gasteiger partial charge in [-0.2, -0.15) is 5.26 Å². The molecule has 3 rings (SSSR count). The Balaban J connectivity index is 2.13. The molecule has 0 aliphatic rings. The van der Waals surface area contributed by atoms with Crippen LogP contribution in [0.4, 0.5) is 5.69 Å². The maximum Gasteiger partial charge on any atom is 0.295 e. The number of hydrogen-bond donors (Lipinski definition) is 2. The third-order valence-corrected chi connectivity index (χ3v) is 3.24. The predicted molar refractivity (Wildman–Crippen MR) is 81.0 cm³/mol. The molecule has 0 aliphatic heterocycles. The number of aromatic nitrogens is 2. The number of rotatable bonds is 2. The van der Waals surface area contributed by atoms with Gasteiger partial charge in [0.15, 0.2) is 0 Å². The Morgan fingerprint density at radius 3 is 2.33 bits per heavy atom. The Morgan fingerprint density at radius 2 is 1.71 bits per heavy atom. The lowest BCUT2D eigenvalue weighted by Crippen LogP contribution is -2.16. The van der Waals surface area contributed by atoms with Crippen molar-refractivity contribution in [3.8, 4) is 23.0 Å². The SMILES string of the molecule is N#Cc1ccc(-n2[nH]c(-c3ccccc3)c(N)c2=O)cc1. The van der Waals surface area contributed by atoms with Crippen LogP contribution in [0.1, 0.15) is 5.56 Å². The molecule has 0 amide bonds. The average Bonchev–Trinajstić information content (AvgIpc) is 2.84. The molecule has 0 bridgehead atoms. The van der Waals surface area contributed by atoms with E-state index in [1.165, 1.54) is 4.68 Å². The Kier molecular flexibility index (Phi) is 3.05. The van der Waals surface area contributed by atoms with E-state index in [0.717, 1.165) is 5.56 Å². The van der Waals surface area contributed by atoms with E-state index in [1.54, 1.807) is 24.3 Å². The molecule has 102 valence electrons. The van der Waals surface area contributed by atoms with Gasteiger partial charge in [-0.3, -0.25) is 9.89 Å². The smallest absolute Gasteiger partial charge is 0.295 e. The van der Waals surface area contributed by atoms with E-state index in [2.05, 4.69) is 5.10 Å². The molecule has 3 N–H and O–H groups in total. The maximum atomic E-state index is 12.3. The molecule has 0 unspecified atom stereocenters. The Hall–Kier alpha value is -3.26. The van der Waals surface area contributed by atoms with Gasteiger partial charge in [0, 0.05) is 5.56 Å². The lowest BCUT2D eigenvalue weighted by molar-refractivity contribution is 0.853. The van der Waals surface area contributed by atoms with Crippen molar-refractivity contribution in [2.45, 2.75) is 0 Å². The summed E-state index contributed by atoms with van der Waals surface area (Å²) >= 11 is 0. The molecule has 0 aliphatic carbocycles. The van der Waals surface area contributed by atoms with Crippen LogP contribution in [0.25, 0.3) is 16.9 Å². The van der Waals surface area contributed by atoms with Gasteiger partial charge in [-0.1, -0.05) is 30.3 Å². The highest BCUT2D eigenvalue weighted by molar-refractivity contribution is 5.72. The monoisotopic (exact) mass is 276 g/mol. The van der Waals surface area contributed by atoms with E-state index in [9.17, 15) is 4.79 Å². The first-order chi connectivity index (χ1) is 10.2. The first-order valence-electron chi connectivity index (χ1n) is 6.37. The summed E-state index contributed by atoms with van der Waals surface area (Å²) in [6.07, 6.45) is 0. The number of H-pyrrole nitrogens is 1. The van der Waals surface area contributed by atoms with Crippen LogP contribution in [0.3, 0.4) is 0 Å². The summed E-state index contributed by atoms with van der Waals surface area (Å²) in [5, 5.41) is 11.8. The van der Waals surface area contributed by atoms with Gasteiger partial charge in [-0.15, -0.1) is 0 Å². The van der Waals surface area contributed by atoms with Crippen LogP contribution >= 0.6 is 0 Å². The fourth-order valence-electron chi connectivity index (χ4n) is 2.14. The number of aromatic amines is 1. The third-order valence-electron chi connectivity index (χ3n) is 3.24. The van der Waals surface area contributed by atoms with Gasteiger partial charge in [0.25, 0.3) is 5.56 Å². The first kappa shape index (κ1) is 12.8.